The number of aliphatic imine (C=N–C) groups is 1. The van der Waals surface area contributed by atoms with Crippen LogP contribution in [0.4, 0.5) is 5.82 Å². The summed E-state index contributed by atoms with van der Waals surface area (Å²) in [6, 6.07) is 8.17. The van der Waals surface area contributed by atoms with E-state index < -0.39 is 5.97 Å². The molecule has 3 heterocycles. The van der Waals surface area contributed by atoms with Crippen molar-refractivity contribution < 1.29 is 9.90 Å². The van der Waals surface area contributed by atoms with E-state index in [2.05, 4.69) is 28.3 Å². The first-order valence-electron chi connectivity index (χ1n) is 9.60. The molecule has 0 saturated heterocycles. The molecule has 0 unspecified atom stereocenters. The molecule has 0 bridgehead atoms. The fraction of sp³-hybridized carbons (Fsp3) is 0.333. The van der Waals surface area contributed by atoms with Crippen molar-refractivity contribution in [1.82, 2.24) is 14.6 Å². The number of aliphatic carboxylic acids is 1. The van der Waals surface area contributed by atoms with Gasteiger partial charge >= 0.3 is 5.97 Å². The summed E-state index contributed by atoms with van der Waals surface area (Å²) in [5.41, 5.74) is 12.3. The fourth-order valence-electron chi connectivity index (χ4n) is 4.32. The molecule has 7 heteroatoms. The second kappa shape index (κ2) is 6.44. The van der Waals surface area contributed by atoms with Crippen LogP contribution in [-0.2, 0) is 11.3 Å². The fourth-order valence-corrected chi connectivity index (χ4v) is 4.32. The van der Waals surface area contributed by atoms with Gasteiger partial charge in [-0.15, -0.1) is 0 Å². The Morgan fingerprint density at radius 2 is 2.00 bits per heavy atom. The van der Waals surface area contributed by atoms with Crippen molar-refractivity contribution in [2.75, 3.05) is 5.73 Å². The zero-order chi connectivity index (χ0) is 19.3. The summed E-state index contributed by atoms with van der Waals surface area (Å²) in [7, 11) is 0. The smallest absolute Gasteiger partial charge is 0.306 e. The predicted molar refractivity (Wildman–Crippen MR) is 106 cm³/mol. The van der Waals surface area contributed by atoms with Crippen molar-refractivity contribution in [2.24, 2.45) is 10.9 Å². The molecule has 1 fully saturated rings. The first-order chi connectivity index (χ1) is 13.6. The Bertz CT molecular complexity index is 1110. The lowest BCUT2D eigenvalue weighted by atomic mass is 9.80. The van der Waals surface area contributed by atoms with Gasteiger partial charge in [-0.25, -0.2) is 4.98 Å². The molecule has 0 radical (unpaired) electrons. The molecule has 2 aromatic heterocycles. The van der Waals surface area contributed by atoms with Gasteiger partial charge in [-0.3, -0.25) is 9.79 Å². The molecule has 1 aliphatic carbocycles. The van der Waals surface area contributed by atoms with E-state index in [0.717, 1.165) is 47.4 Å². The van der Waals surface area contributed by atoms with Crippen LogP contribution in [0, 0.1) is 5.92 Å². The maximum absolute atomic E-state index is 11.2. The summed E-state index contributed by atoms with van der Waals surface area (Å²) in [6.07, 6.45) is 6.71. The molecule has 1 aromatic carbocycles. The Labute approximate surface area is 161 Å². The van der Waals surface area contributed by atoms with Gasteiger partial charge in [-0.1, -0.05) is 12.1 Å². The van der Waals surface area contributed by atoms with Crippen LogP contribution >= 0.6 is 0 Å². The quantitative estimate of drug-likeness (QED) is 0.731. The summed E-state index contributed by atoms with van der Waals surface area (Å²) >= 11 is 0. The van der Waals surface area contributed by atoms with Crippen LogP contribution in [-0.4, -0.2) is 31.9 Å². The summed E-state index contributed by atoms with van der Waals surface area (Å²) < 4.78 is 1.67. The molecular weight excluding hydrogens is 354 g/mol. The number of aromatic nitrogens is 3. The van der Waals surface area contributed by atoms with E-state index in [4.69, 9.17) is 10.7 Å². The number of nitrogens with two attached hydrogens (primary N) is 1. The lowest BCUT2D eigenvalue weighted by Gasteiger charge is -2.25. The van der Waals surface area contributed by atoms with E-state index in [-0.39, 0.29) is 11.8 Å². The zero-order valence-electron chi connectivity index (χ0n) is 15.4. The molecule has 5 rings (SSSR count). The molecule has 142 valence electrons. The average molecular weight is 375 g/mol. The molecule has 7 nitrogen and oxygen atoms in total. The molecule has 28 heavy (non-hydrogen) atoms. The minimum Gasteiger partial charge on any atom is -0.481 e. The van der Waals surface area contributed by atoms with Gasteiger partial charge in [-0.2, -0.15) is 9.61 Å². The number of nitrogen functional groups attached to an aromatic ring is 1. The first-order valence-corrected chi connectivity index (χ1v) is 9.60. The largest absolute Gasteiger partial charge is 0.481 e. The van der Waals surface area contributed by atoms with Gasteiger partial charge in [0.1, 0.15) is 5.82 Å². The lowest BCUT2D eigenvalue weighted by Crippen LogP contribution is -2.21. The minimum absolute atomic E-state index is 0.234. The number of hydrogen-bond acceptors (Lipinski definition) is 5. The summed E-state index contributed by atoms with van der Waals surface area (Å²) in [6.45, 7) is 0.735. The van der Waals surface area contributed by atoms with Gasteiger partial charge < -0.3 is 10.8 Å². The molecule has 1 saturated carbocycles. The van der Waals surface area contributed by atoms with Crippen LogP contribution in [0.1, 0.15) is 48.4 Å². The average Bonchev–Trinajstić information content (AvgIpc) is 3.34. The second-order valence-corrected chi connectivity index (χ2v) is 7.67. The number of hydrogen-bond donors (Lipinski definition) is 2. The highest BCUT2D eigenvalue weighted by Crippen LogP contribution is 2.37. The second-order valence-electron chi connectivity index (χ2n) is 7.67. The maximum Gasteiger partial charge on any atom is 0.306 e. The van der Waals surface area contributed by atoms with Crippen LogP contribution < -0.4 is 5.73 Å². The number of nitrogens with zero attached hydrogens (tertiary/aromatic N) is 4. The van der Waals surface area contributed by atoms with Gasteiger partial charge in [0.2, 0.25) is 0 Å². The first kappa shape index (κ1) is 16.9. The van der Waals surface area contributed by atoms with Crippen molar-refractivity contribution in [3.63, 3.8) is 0 Å². The highest BCUT2D eigenvalue weighted by molar-refractivity contribution is 5.88. The normalized spacial score (nSPS) is 21.1. The van der Waals surface area contributed by atoms with E-state index in [9.17, 15) is 9.90 Å². The SMILES string of the molecule is Nc1cc(C2CCC(C(=O)O)CC2)nc2c(-c3ccc4c(c3)C=NC4)cnn12. The van der Waals surface area contributed by atoms with E-state index in [1.165, 1.54) is 5.56 Å². The van der Waals surface area contributed by atoms with Crippen LogP contribution in [0.5, 0.6) is 0 Å². The van der Waals surface area contributed by atoms with E-state index in [1.807, 2.05) is 12.3 Å². The van der Waals surface area contributed by atoms with Crippen LogP contribution in [0.2, 0.25) is 0 Å². The van der Waals surface area contributed by atoms with Crippen molar-refractivity contribution in [3.8, 4) is 11.1 Å². The number of carboxylic acid groups (broad SMARTS) is 1. The van der Waals surface area contributed by atoms with E-state index in [0.29, 0.717) is 18.7 Å². The van der Waals surface area contributed by atoms with E-state index >= 15 is 0 Å². The van der Waals surface area contributed by atoms with Crippen LogP contribution in [0.15, 0.2) is 35.5 Å². The highest BCUT2D eigenvalue weighted by atomic mass is 16.4. The number of carbonyl (C=O) groups is 1. The van der Waals surface area contributed by atoms with Crippen LogP contribution in [0.3, 0.4) is 0 Å². The molecule has 1 aliphatic heterocycles. The monoisotopic (exact) mass is 375 g/mol. The Balaban J connectivity index is 1.53. The molecule has 3 aromatic rings. The third kappa shape index (κ3) is 2.74. The van der Waals surface area contributed by atoms with Gasteiger partial charge in [0.15, 0.2) is 5.65 Å². The molecule has 3 N–H and O–H groups in total. The maximum atomic E-state index is 11.2. The van der Waals surface area contributed by atoms with Crippen molar-refractivity contribution in [1.29, 1.82) is 0 Å². The summed E-state index contributed by atoms with van der Waals surface area (Å²) in [4.78, 5) is 20.4. The molecule has 0 spiro atoms. The Morgan fingerprint density at radius 3 is 2.79 bits per heavy atom. The van der Waals surface area contributed by atoms with Gasteiger partial charge in [0.05, 0.1) is 18.7 Å². The van der Waals surface area contributed by atoms with Crippen LogP contribution in [0.25, 0.3) is 16.8 Å². The zero-order valence-corrected chi connectivity index (χ0v) is 15.4. The van der Waals surface area contributed by atoms with Gasteiger partial charge in [0.25, 0.3) is 0 Å². The van der Waals surface area contributed by atoms with Crippen molar-refractivity contribution >= 4 is 23.6 Å². The number of anilines is 1. The number of benzene rings is 1. The molecule has 0 atom stereocenters. The third-order valence-corrected chi connectivity index (χ3v) is 5.96. The number of fused-ring (bicyclic) bond motifs is 2. The molecule has 2 aliphatic rings. The molecule has 0 amide bonds. The minimum atomic E-state index is -0.695. The number of carboxylic acids is 1. The standard InChI is InChI=1S/C21H21N5O2/c22-19-8-18(12-1-3-13(4-2-12)21(27)28)25-20-17(11-24-26(19)20)14-5-6-15-9-23-10-16(15)7-14/h5-8,10-13H,1-4,9,22H2,(H,27,28). The topological polar surface area (TPSA) is 106 Å². The Morgan fingerprint density at radius 1 is 1.18 bits per heavy atom. The van der Waals surface area contributed by atoms with E-state index in [1.54, 1.807) is 10.7 Å². The van der Waals surface area contributed by atoms with Gasteiger partial charge in [-0.05, 0) is 48.4 Å². The van der Waals surface area contributed by atoms with Gasteiger partial charge in [0, 0.05) is 29.5 Å². The molecular formula is C21H21N5O2. The van der Waals surface area contributed by atoms with Crippen molar-refractivity contribution in [3.05, 3.63) is 47.3 Å². The summed E-state index contributed by atoms with van der Waals surface area (Å²) in [5.74, 6) is -0.150. The highest BCUT2D eigenvalue weighted by Gasteiger charge is 2.28. The Hall–Kier alpha value is -3.22. The predicted octanol–water partition coefficient (Wildman–Crippen LogP) is 3.27. The third-order valence-electron chi connectivity index (χ3n) is 5.96. The number of rotatable bonds is 3. The lowest BCUT2D eigenvalue weighted by molar-refractivity contribution is -0.142. The Kier molecular flexibility index (Phi) is 3.89. The van der Waals surface area contributed by atoms with Crippen molar-refractivity contribution in [2.45, 2.75) is 38.1 Å². The summed E-state index contributed by atoms with van der Waals surface area (Å²) in [5, 5.41) is 13.7.